The van der Waals surface area contributed by atoms with Gasteiger partial charge in [-0.15, -0.1) is 0 Å². The number of hydrogen-bond donors (Lipinski definition) is 2. The van der Waals surface area contributed by atoms with Gasteiger partial charge in [-0.2, -0.15) is 15.2 Å². The summed E-state index contributed by atoms with van der Waals surface area (Å²) in [6.45, 7) is 9.08. The number of anilines is 2. The quantitative estimate of drug-likeness (QED) is 0.347. The van der Waals surface area contributed by atoms with Crippen molar-refractivity contribution in [3.63, 3.8) is 0 Å². The van der Waals surface area contributed by atoms with Crippen LogP contribution < -0.4 is 25.2 Å². The van der Waals surface area contributed by atoms with E-state index < -0.39 is 23.1 Å². The molecule has 45 heavy (non-hydrogen) atoms. The maximum Gasteiger partial charge on any atom is 0.408 e. The van der Waals surface area contributed by atoms with E-state index in [1.165, 1.54) is 6.07 Å². The number of nitrogens with zero attached hydrogens (tertiary/aromatic N) is 5. The van der Waals surface area contributed by atoms with E-state index in [1.807, 2.05) is 39.0 Å². The third-order valence-electron chi connectivity index (χ3n) is 8.68. The second kappa shape index (κ2) is 12.5. The van der Waals surface area contributed by atoms with Crippen LogP contribution in [0.3, 0.4) is 0 Å². The van der Waals surface area contributed by atoms with Crippen LogP contribution in [0, 0.1) is 17.1 Å². The number of rotatable bonds is 7. The smallest absolute Gasteiger partial charge is 0.408 e. The number of halogens is 2. The molecule has 2 aromatic carbocycles. The van der Waals surface area contributed by atoms with Crippen molar-refractivity contribution in [2.24, 2.45) is 0 Å². The molecule has 2 fully saturated rings. The molecule has 1 aliphatic carbocycles. The Balaban J connectivity index is 1.31. The summed E-state index contributed by atoms with van der Waals surface area (Å²) in [6, 6.07) is 11.5. The van der Waals surface area contributed by atoms with Crippen molar-refractivity contribution in [1.82, 2.24) is 20.6 Å². The van der Waals surface area contributed by atoms with Crippen LogP contribution in [-0.4, -0.2) is 66.0 Å². The maximum atomic E-state index is 14.6. The summed E-state index contributed by atoms with van der Waals surface area (Å²) in [4.78, 5) is 26.8. The van der Waals surface area contributed by atoms with Crippen molar-refractivity contribution >= 4 is 40.0 Å². The number of ether oxygens (including phenoxy) is 2. The highest BCUT2D eigenvalue weighted by atomic mass is 35.5. The van der Waals surface area contributed by atoms with Crippen molar-refractivity contribution in [3.8, 4) is 12.1 Å². The van der Waals surface area contributed by atoms with E-state index in [-0.39, 0.29) is 23.7 Å². The van der Waals surface area contributed by atoms with Crippen LogP contribution in [-0.2, 0) is 17.7 Å². The highest BCUT2D eigenvalue weighted by molar-refractivity contribution is 6.36. The number of fused-ring (bicyclic) bond motifs is 2. The lowest BCUT2D eigenvalue weighted by Gasteiger charge is -2.41. The highest BCUT2D eigenvalue weighted by Crippen LogP contribution is 2.39. The average molecular weight is 636 g/mol. The Morgan fingerprint density at radius 2 is 2.04 bits per heavy atom. The van der Waals surface area contributed by atoms with Crippen LogP contribution in [0.15, 0.2) is 30.3 Å². The Morgan fingerprint density at radius 3 is 2.78 bits per heavy atom. The molecule has 3 aromatic rings. The molecule has 3 heterocycles. The lowest BCUT2D eigenvalue weighted by Crippen LogP contribution is -2.52. The van der Waals surface area contributed by atoms with Crippen molar-refractivity contribution in [2.45, 2.75) is 76.6 Å². The Morgan fingerprint density at radius 1 is 1.22 bits per heavy atom. The molecular formula is C33H39ClFN7O3. The molecule has 2 aliphatic heterocycles. The topological polar surface area (TPSA) is 116 Å². The normalized spacial score (nSPS) is 19.3. The van der Waals surface area contributed by atoms with E-state index in [0.29, 0.717) is 50.7 Å². The molecule has 1 amide bonds. The lowest BCUT2D eigenvalue weighted by atomic mass is 9.81. The number of nitriles is 1. The minimum Gasteiger partial charge on any atom is -0.459 e. The fourth-order valence-corrected chi connectivity index (χ4v) is 6.58. The molecule has 1 saturated carbocycles. The van der Waals surface area contributed by atoms with Gasteiger partial charge in [-0.3, -0.25) is 0 Å². The average Bonchev–Trinajstić information content (AvgIpc) is 2.98. The van der Waals surface area contributed by atoms with Crippen LogP contribution in [0.2, 0.25) is 5.02 Å². The molecule has 1 aromatic heterocycles. The minimum absolute atomic E-state index is 0.0273. The van der Waals surface area contributed by atoms with Gasteiger partial charge in [-0.1, -0.05) is 29.8 Å². The summed E-state index contributed by atoms with van der Waals surface area (Å²) in [5.74, 6) is 0.346. The standard InChI is InChI=1S/C33H39ClFN7O3/c1-32(2,3)40-31(43)45-33(12-5-13-33)20-44-30-38-25-19-41(26-7-4-6-21-8-9-24(35)28(34)27(21)26)16-11-23(25)29(39-30)42-17-15-37-22(18-42)10-14-36/h4,6-9,22,37H,5,10-13,15-20H2,1-3H3,(H,40,43)/t22-/m0/s1. The van der Waals surface area contributed by atoms with Crippen LogP contribution in [0.4, 0.5) is 20.7 Å². The first-order valence-corrected chi connectivity index (χ1v) is 15.9. The number of aromatic nitrogens is 2. The van der Waals surface area contributed by atoms with E-state index in [2.05, 4.69) is 26.5 Å². The Labute approximate surface area is 267 Å². The van der Waals surface area contributed by atoms with Crippen molar-refractivity contribution in [2.75, 3.05) is 42.6 Å². The maximum absolute atomic E-state index is 14.6. The molecular weight excluding hydrogens is 597 g/mol. The molecule has 0 radical (unpaired) electrons. The predicted octanol–water partition coefficient (Wildman–Crippen LogP) is 5.50. The van der Waals surface area contributed by atoms with Gasteiger partial charge >= 0.3 is 12.1 Å². The van der Waals surface area contributed by atoms with Gasteiger partial charge in [0.05, 0.1) is 29.8 Å². The first-order chi connectivity index (χ1) is 21.5. The first kappa shape index (κ1) is 31.1. The van der Waals surface area contributed by atoms with Crippen molar-refractivity contribution in [1.29, 1.82) is 5.26 Å². The van der Waals surface area contributed by atoms with E-state index in [4.69, 9.17) is 31.0 Å². The van der Waals surface area contributed by atoms with Gasteiger partial charge in [0.2, 0.25) is 0 Å². The molecule has 6 rings (SSSR count). The van der Waals surface area contributed by atoms with Gasteiger partial charge in [-0.25, -0.2) is 9.18 Å². The minimum atomic E-state index is -0.739. The number of nitrogens with one attached hydrogen (secondary N) is 2. The predicted molar refractivity (Wildman–Crippen MR) is 171 cm³/mol. The SMILES string of the molecule is CC(C)(C)NC(=O)OC1(COc2nc3c(c(N4CCN[C@@H](CC#N)C4)n2)CCN(c2cccc4ccc(F)c(Cl)c24)C3)CCC1. The second-order valence-corrected chi connectivity index (χ2v) is 13.6. The summed E-state index contributed by atoms with van der Waals surface area (Å²) in [6.07, 6.45) is 2.93. The van der Waals surface area contributed by atoms with Crippen molar-refractivity contribution in [3.05, 3.63) is 52.4 Å². The van der Waals surface area contributed by atoms with Crippen LogP contribution in [0.5, 0.6) is 6.01 Å². The molecule has 1 atom stereocenters. The fraction of sp³-hybridized carbons (Fsp3) is 0.515. The summed E-state index contributed by atoms with van der Waals surface area (Å²) in [5.41, 5.74) is 1.53. The number of piperazine rings is 1. The summed E-state index contributed by atoms with van der Waals surface area (Å²) < 4.78 is 26.7. The van der Waals surface area contributed by atoms with Crippen LogP contribution in [0.1, 0.15) is 57.7 Å². The number of carbonyl (C=O) groups excluding carboxylic acids is 1. The largest absolute Gasteiger partial charge is 0.459 e. The molecule has 0 unspecified atom stereocenters. The number of amides is 1. The molecule has 1 saturated heterocycles. The van der Waals surface area contributed by atoms with Gasteiger partial charge in [0.1, 0.15) is 23.8 Å². The van der Waals surface area contributed by atoms with E-state index in [0.717, 1.165) is 47.7 Å². The van der Waals surface area contributed by atoms with Crippen molar-refractivity contribution < 1.29 is 18.7 Å². The molecule has 238 valence electrons. The zero-order valence-electron chi connectivity index (χ0n) is 26.0. The van der Waals surface area contributed by atoms with E-state index in [1.54, 1.807) is 6.07 Å². The lowest BCUT2D eigenvalue weighted by molar-refractivity contribution is -0.0787. The number of benzene rings is 2. The summed E-state index contributed by atoms with van der Waals surface area (Å²) >= 11 is 6.49. The Bertz CT molecular complexity index is 1640. The second-order valence-electron chi connectivity index (χ2n) is 13.2. The van der Waals surface area contributed by atoms with Gasteiger partial charge < -0.3 is 29.9 Å². The third-order valence-corrected chi connectivity index (χ3v) is 9.05. The van der Waals surface area contributed by atoms with Gasteiger partial charge in [0, 0.05) is 54.4 Å². The zero-order valence-corrected chi connectivity index (χ0v) is 26.7. The summed E-state index contributed by atoms with van der Waals surface area (Å²) in [7, 11) is 0. The molecule has 10 nitrogen and oxygen atoms in total. The molecule has 0 spiro atoms. The van der Waals surface area contributed by atoms with E-state index in [9.17, 15) is 14.4 Å². The van der Waals surface area contributed by atoms with E-state index >= 15 is 0 Å². The molecule has 3 aliphatic rings. The fourth-order valence-electron chi connectivity index (χ4n) is 6.31. The molecule has 0 bridgehead atoms. The molecule has 2 N–H and O–H groups in total. The monoisotopic (exact) mass is 635 g/mol. The Hall–Kier alpha value is -3.88. The molecule has 12 heteroatoms. The number of carbonyl (C=O) groups is 1. The Kier molecular flexibility index (Phi) is 8.63. The van der Waals surface area contributed by atoms with Gasteiger partial charge in [-0.05, 0) is 64.0 Å². The highest BCUT2D eigenvalue weighted by Gasteiger charge is 2.43. The third kappa shape index (κ3) is 6.72. The van der Waals surface area contributed by atoms with Gasteiger partial charge in [0.15, 0.2) is 0 Å². The number of hydrogen-bond acceptors (Lipinski definition) is 9. The van der Waals surface area contributed by atoms with Crippen LogP contribution >= 0.6 is 11.6 Å². The van der Waals surface area contributed by atoms with Gasteiger partial charge in [0.25, 0.3) is 0 Å². The summed E-state index contributed by atoms with van der Waals surface area (Å²) in [5, 5.41) is 17.3. The first-order valence-electron chi connectivity index (χ1n) is 15.5. The zero-order chi connectivity index (χ0) is 31.8. The van der Waals surface area contributed by atoms with Crippen LogP contribution in [0.25, 0.3) is 10.8 Å². The number of alkyl carbamates (subject to hydrolysis) is 1.